The van der Waals surface area contributed by atoms with Gasteiger partial charge in [-0.15, -0.1) is 5.10 Å². The van der Waals surface area contributed by atoms with Gasteiger partial charge in [0.25, 0.3) is 11.5 Å². The molecular weight excluding hydrogens is 412 g/mol. The summed E-state index contributed by atoms with van der Waals surface area (Å²) in [7, 11) is 0. The average Bonchev–Trinajstić information content (AvgIpc) is 2.76. The van der Waals surface area contributed by atoms with E-state index in [-0.39, 0.29) is 36.7 Å². The van der Waals surface area contributed by atoms with Crippen LogP contribution in [0.1, 0.15) is 35.6 Å². The van der Waals surface area contributed by atoms with Gasteiger partial charge in [-0.1, -0.05) is 17.3 Å². The van der Waals surface area contributed by atoms with Gasteiger partial charge < -0.3 is 10.6 Å². The summed E-state index contributed by atoms with van der Waals surface area (Å²) in [4.78, 5) is 48.7. The number of anilines is 1. The smallest absolute Gasteiger partial charge is 0.319 e. The number of hydrogen-bond acceptors (Lipinski definition) is 6. The minimum absolute atomic E-state index is 0.127. The summed E-state index contributed by atoms with van der Waals surface area (Å²) in [5.74, 6) is -0.946. The maximum Gasteiger partial charge on any atom is 0.319 e. The van der Waals surface area contributed by atoms with E-state index >= 15 is 0 Å². The zero-order valence-electron chi connectivity index (χ0n) is 17.6. The van der Waals surface area contributed by atoms with E-state index in [4.69, 9.17) is 0 Å². The number of nitrogens with one attached hydrogen (secondary N) is 3. The van der Waals surface area contributed by atoms with E-state index in [0.717, 1.165) is 15.8 Å². The second-order valence-electron chi connectivity index (χ2n) is 7.76. The molecule has 4 rings (SSSR count). The first-order chi connectivity index (χ1) is 15.3. The molecule has 3 N–H and O–H groups in total. The lowest BCUT2D eigenvalue weighted by Crippen LogP contribution is -2.45. The molecule has 0 saturated carbocycles. The van der Waals surface area contributed by atoms with Crippen LogP contribution < -0.4 is 21.5 Å². The Bertz CT molecular complexity index is 1300. The fourth-order valence-electron chi connectivity index (χ4n) is 3.51. The molecule has 1 atom stereocenters. The van der Waals surface area contributed by atoms with E-state index in [1.165, 1.54) is 0 Å². The van der Waals surface area contributed by atoms with Crippen molar-refractivity contribution in [2.24, 2.45) is 0 Å². The van der Waals surface area contributed by atoms with Crippen molar-refractivity contribution in [1.82, 2.24) is 25.6 Å². The van der Waals surface area contributed by atoms with Crippen LogP contribution in [-0.2, 0) is 16.1 Å². The van der Waals surface area contributed by atoms with Crippen molar-refractivity contribution < 1.29 is 14.4 Å². The lowest BCUT2D eigenvalue weighted by Gasteiger charge is -2.21. The third-order valence-corrected chi connectivity index (χ3v) is 5.47. The monoisotopic (exact) mass is 434 g/mol. The first-order valence-corrected chi connectivity index (χ1v) is 10.2. The van der Waals surface area contributed by atoms with Crippen LogP contribution in [0, 0.1) is 13.8 Å². The zero-order valence-corrected chi connectivity index (χ0v) is 17.6. The predicted octanol–water partition coefficient (Wildman–Crippen LogP) is 1.71. The molecule has 1 aromatic heterocycles. The molecule has 1 fully saturated rings. The molecule has 10 nitrogen and oxygen atoms in total. The van der Waals surface area contributed by atoms with Gasteiger partial charge in [0, 0.05) is 18.7 Å². The Labute approximate surface area is 183 Å². The number of nitrogens with zero attached hydrogens (tertiary/aromatic N) is 3. The van der Waals surface area contributed by atoms with Gasteiger partial charge in [0.1, 0.15) is 11.6 Å². The minimum atomic E-state index is -0.886. The topological polar surface area (TPSA) is 135 Å². The van der Waals surface area contributed by atoms with Crippen LogP contribution >= 0.6 is 0 Å². The Hall–Kier alpha value is -4.08. The quantitative estimate of drug-likeness (QED) is 0.535. The van der Waals surface area contributed by atoms with Crippen LogP contribution in [0.4, 0.5) is 10.5 Å². The Morgan fingerprint density at radius 3 is 2.69 bits per heavy atom. The summed E-state index contributed by atoms with van der Waals surface area (Å²) < 4.78 is 1.01. The molecule has 0 radical (unpaired) electrons. The summed E-state index contributed by atoms with van der Waals surface area (Å²) in [5.41, 5.74) is 3.48. The minimum Gasteiger partial charge on any atom is -0.334 e. The van der Waals surface area contributed by atoms with Crippen molar-refractivity contribution in [2.75, 3.05) is 5.32 Å². The molecule has 3 aromatic rings. The number of carbonyl (C=O) groups excluding carboxylic acids is 3. The van der Waals surface area contributed by atoms with Gasteiger partial charge in [0.2, 0.25) is 5.91 Å². The van der Waals surface area contributed by atoms with E-state index in [9.17, 15) is 19.2 Å². The third-order valence-electron chi connectivity index (χ3n) is 5.47. The normalized spacial score (nSPS) is 16.0. The average molecular weight is 434 g/mol. The number of hydrogen-bond donors (Lipinski definition) is 3. The number of fused-ring (bicyclic) bond motifs is 1. The highest BCUT2D eigenvalue weighted by atomic mass is 16.2. The molecule has 164 valence electrons. The molecule has 4 amide bonds. The molecule has 2 aromatic carbocycles. The van der Waals surface area contributed by atoms with Crippen molar-refractivity contribution in [3.8, 4) is 0 Å². The molecule has 1 unspecified atom stereocenters. The molecule has 0 aliphatic carbocycles. The van der Waals surface area contributed by atoms with Gasteiger partial charge in [-0.3, -0.25) is 19.7 Å². The van der Waals surface area contributed by atoms with Gasteiger partial charge in [0.05, 0.1) is 5.39 Å². The van der Waals surface area contributed by atoms with Gasteiger partial charge in [-0.25, -0.2) is 4.79 Å². The highest BCUT2D eigenvalue weighted by Gasteiger charge is 2.30. The van der Waals surface area contributed by atoms with E-state index in [1.807, 2.05) is 32.0 Å². The standard InChI is InChI=1S/C22H22N6O4/c1-12-3-5-15(9-13(12)2)24-22(32)23-11-14-4-6-17-16(10-14)21(31)28(27-26-17)18-7-8-19(29)25-20(18)30/h3-6,9-10,18H,7-8,11H2,1-2H3,(H2,23,24,32)(H,25,29,30). The molecule has 1 saturated heterocycles. The molecular formula is C22H22N6O4. The first-order valence-electron chi connectivity index (χ1n) is 10.2. The summed E-state index contributed by atoms with van der Waals surface area (Å²) >= 11 is 0. The molecule has 0 spiro atoms. The molecule has 10 heteroatoms. The van der Waals surface area contributed by atoms with Crippen molar-refractivity contribution in [3.05, 3.63) is 63.4 Å². The number of carbonyl (C=O) groups is 3. The lowest BCUT2D eigenvalue weighted by molar-refractivity contribution is -0.136. The van der Waals surface area contributed by atoms with E-state index in [0.29, 0.717) is 16.8 Å². The van der Waals surface area contributed by atoms with Crippen LogP contribution in [-0.4, -0.2) is 32.8 Å². The van der Waals surface area contributed by atoms with Crippen molar-refractivity contribution in [3.63, 3.8) is 0 Å². The molecule has 1 aliphatic heterocycles. The predicted molar refractivity (Wildman–Crippen MR) is 117 cm³/mol. The van der Waals surface area contributed by atoms with E-state index < -0.39 is 17.5 Å². The number of urea groups is 1. The number of benzene rings is 2. The van der Waals surface area contributed by atoms with Gasteiger partial charge in [-0.05, 0) is 61.2 Å². The van der Waals surface area contributed by atoms with Crippen LogP contribution in [0.25, 0.3) is 10.9 Å². The number of aromatic nitrogens is 3. The fourth-order valence-corrected chi connectivity index (χ4v) is 3.51. The number of imide groups is 1. The van der Waals surface area contributed by atoms with Crippen molar-refractivity contribution >= 4 is 34.4 Å². The molecule has 2 heterocycles. The third kappa shape index (κ3) is 4.34. The Kier molecular flexibility index (Phi) is 5.67. The van der Waals surface area contributed by atoms with E-state index in [2.05, 4.69) is 26.3 Å². The van der Waals surface area contributed by atoms with Gasteiger partial charge in [0.15, 0.2) is 0 Å². The van der Waals surface area contributed by atoms with Gasteiger partial charge >= 0.3 is 6.03 Å². The van der Waals surface area contributed by atoms with E-state index in [1.54, 1.807) is 18.2 Å². The summed E-state index contributed by atoms with van der Waals surface area (Å²) in [5, 5.41) is 15.9. The Morgan fingerprint density at radius 1 is 1.12 bits per heavy atom. The summed E-state index contributed by atoms with van der Waals surface area (Å²) in [6.07, 6.45) is 0.312. The molecule has 0 bridgehead atoms. The second-order valence-corrected chi connectivity index (χ2v) is 7.76. The Morgan fingerprint density at radius 2 is 1.94 bits per heavy atom. The number of aryl methyl sites for hydroxylation is 2. The largest absolute Gasteiger partial charge is 0.334 e. The fraction of sp³-hybridized carbons (Fsp3) is 0.273. The van der Waals surface area contributed by atoms with Crippen molar-refractivity contribution in [2.45, 2.75) is 39.3 Å². The highest BCUT2D eigenvalue weighted by Crippen LogP contribution is 2.17. The highest BCUT2D eigenvalue weighted by molar-refractivity contribution is 5.99. The molecule has 32 heavy (non-hydrogen) atoms. The number of amides is 4. The van der Waals surface area contributed by atoms with Gasteiger partial charge in [-0.2, -0.15) is 4.68 Å². The van der Waals surface area contributed by atoms with Crippen molar-refractivity contribution in [1.29, 1.82) is 0 Å². The van der Waals surface area contributed by atoms with Crippen LogP contribution in [0.5, 0.6) is 0 Å². The first kappa shape index (κ1) is 21.2. The lowest BCUT2D eigenvalue weighted by atomic mass is 10.1. The second kappa shape index (κ2) is 8.58. The van der Waals surface area contributed by atoms with Crippen LogP contribution in [0.3, 0.4) is 0 Å². The summed E-state index contributed by atoms with van der Waals surface area (Å²) in [6.45, 7) is 4.16. The maximum atomic E-state index is 12.9. The zero-order chi connectivity index (χ0) is 22.8. The maximum absolute atomic E-state index is 12.9. The summed E-state index contributed by atoms with van der Waals surface area (Å²) in [6, 6.07) is 9.38. The van der Waals surface area contributed by atoms with Crippen LogP contribution in [0.2, 0.25) is 0 Å². The number of piperidine rings is 1. The molecule has 1 aliphatic rings. The SMILES string of the molecule is Cc1ccc(NC(=O)NCc2ccc3nnn(C4CCC(=O)NC4=O)c(=O)c3c2)cc1C. The van der Waals surface area contributed by atoms with Crippen LogP contribution in [0.15, 0.2) is 41.2 Å². The number of rotatable bonds is 4. The Balaban J connectivity index is 1.50.